The number of nitrogen functional groups attached to an aromatic ring is 1. The summed E-state index contributed by atoms with van der Waals surface area (Å²) in [5.41, 5.74) is 6.59. The van der Waals surface area contributed by atoms with Gasteiger partial charge in [0.15, 0.2) is 0 Å². The molecule has 0 aromatic heterocycles. The Kier molecular flexibility index (Phi) is 3.28. The Morgan fingerprint density at radius 3 is 2.40 bits per heavy atom. The lowest BCUT2D eigenvalue weighted by atomic mass is 10.2. The van der Waals surface area contributed by atoms with Crippen LogP contribution in [0.5, 0.6) is 0 Å². The Bertz CT molecular complexity index is 373. The molecule has 0 unspecified atom stereocenters. The molecule has 0 fully saturated rings. The normalized spacial score (nSPS) is 11.8. The summed E-state index contributed by atoms with van der Waals surface area (Å²) in [6.45, 7) is 1.56. The first-order valence-corrected chi connectivity index (χ1v) is 4.44. The van der Waals surface area contributed by atoms with Crippen LogP contribution in [0.25, 0.3) is 0 Å². The molecular weight excluding hydrogens is 194 g/mol. The number of anilines is 1. The Labute approximate surface area is 87.4 Å². The Morgan fingerprint density at radius 1 is 1.47 bits per heavy atom. The number of carboxylic acid groups (broad SMARTS) is 1. The summed E-state index contributed by atoms with van der Waals surface area (Å²) in [5.74, 6) is -0.918. The first kappa shape index (κ1) is 11.0. The largest absolute Gasteiger partial charge is 0.480 e. The topological polar surface area (TPSA) is 99.2 Å². The molecule has 1 atom stereocenters. The van der Waals surface area contributed by atoms with Crippen LogP contribution in [-0.4, -0.2) is 23.0 Å². The van der Waals surface area contributed by atoms with Crippen molar-refractivity contribution in [2.24, 2.45) is 5.73 Å². The van der Waals surface area contributed by atoms with Gasteiger partial charge >= 0.3 is 5.97 Å². The smallest absolute Gasteiger partial charge is 0.325 e. The maximum atomic E-state index is 10.6. The molecule has 15 heavy (non-hydrogen) atoms. The fourth-order valence-electron chi connectivity index (χ4n) is 1.06. The first-order valence-electron chi connectivity index (χ1n) is 4.44. The molecule has 0 radical (unpaired) electrons. The van der Waals surface area contributed by atoms with Gasteiger partial charge in [0, 0.05) is 11.3 Å². The highest BCUT2D eigenvalue weighted by Crippen LogP contribution is 2.10. The van der Waals surface area contributed by atoms with Crippen molar-refractivity contribution in [3.05, 3.63) is 29.8 Å². The maximum Gasteiger partial charge on any atom is 0.325 e. The molecule has 0 amide bonds. The molecule has 80 valence electrons. The second kappa shape index (κ2) is 4.45. The van der Waals surface area contributed by atoms with Gasteiger partial charge in [-0.05, 0) is 31.2 Å². The van der Waals surface area contributed by atoms with Gasteiger partial charge in [0.2, 0.25) is 0 Å². The minimum Gasteiger partial charge on any atom is -0.480 e. The summed E-state index contributed by atoms with van der Waals surface area (Å²) in [5, 5.41) is 18.6. The highest BCUT2D eigenvalue weighted by molar-refractivity contribution is 5.95. The van der Waals surface area contributed by atoms with Crippen LogP contribution in [0.2, 0.25) is 0 Å². The summed E-state index contributed by atoms with van der Waals surface area (Å²) in [4.78, 5) is 10.6. The van der Waals surface area contributed by atoms with Crippen LogP contribution in [0.15, 0.2) is 24.3 Å². The molecule has 0 spiro atoms. The molecule has 0 saturated carbocycles. The molecular formula is C10H13N3O2. The minimum absolute atomic E-state index is 0.00664. The van der Waals surface area contributed by atoms with Crippen molar-refractivity contribution in [3.8, 4) is 0 Å². The van der Waals surface area contributed by atoms with Crippen molar-refractivity contribution < 1.29 is 9.90 Å². The van der Waals surface area contributed by atoms with E-state index in [9.17, 15) is 4.79 Å². The maximum absolute atomic E-state index is 10.6. The van der Waals surface area contributed by atoms with Crippen molar-refractivity contribution in [2.45, 2.75) is 13.0 Å². The summed E-state index contributed by atoms with van der Waals surface area (Å²) in [6, 6.07) is 6.07. The second-order valence-electron chi connectivity index (χ2n) is 3.20. The zero-order valence-electron chi connectivity index (χ0n) is 8.32. The number of hydrogen-bond donors (Lipinski definition) is 4. The van der Waals surface area contributed by atoms with Crippen LogP contribution >= 0.6 is 0 Å². The number of carboxylic acids is 1. The van der Waals surface area contributed by atoms with E-state index in [1.807, 2.05) is 0 Å². The molecule has 1 aromatic rings. The van der Waals surface area contributed by atoms with Crippen LogP contribution in [0.3, 0.4) is 0 Å². The summed E-state index contributed by atoms with van der Waals surface area (Å²) < 4.78 is 0. The number of benzene rings is 1. The van der Waals surface area contributed by atoms with E-state index in [1.165, 1.54) is 0 Å². The molecule has 5 heteroatoms. The van der Waals surface area contributed by atoms with Crippen LogP contribution in [0.4, 0.5) is 5.69 Å². The van der Waals surface area contributed by atoms with Crippen LogP contribution in [0, 0.1) is 5.41 Å². The zero-order valence-corrected chi connectivity index (χ0v) is 8.32. The summed E-state index contributed by atoms with van der Waals surface area (Å²) in [6.07, 6.45) is 0. The van der Waals surface area contributed by atoms with E-state index in [4.69, 9.17) is 16.2 Å². The Morgan fingerprint density at radius 2 is 2.00 bits per heavy atom. The number of aliphatic carboxylic acids is 1. The fourth-order valence-corrected chi connectivity index (χ4v) is 1.06. The summed E-state index contributed by atoms with van der Waals surface area (Å²) in [7, 11) is 0. The van der Waals surface area contributed by atoms with E-state index in [2.05, 4.69) is 5.32 Å². The third-order valence-corrected chi connectivity index (χ3v) is 1.95. The van der Waals surface area contributed by atoms with E-state index < -0.39 is 12.0 Å². The lowest BCUT2D eigenvalue weighted by molar-refractivity contribution is -0.137. The van der Waals surface area contributed by atoms with Gasteiger partial charge in [-0.3, -0.25) is 10.2 Å². The number of amidine groups is 1. The molecule has 0 aliphatic rings. The van der Waals surface area contributed by atoms with Gasteiger partial charge in [-0.25, -0.2) is 0 Å². The Balaban J connectivity index is 2.72. The van der Waals surface area contributed by atoms with Crippen LogP contribution in [-0.2, 0) is 4.79 Å². The van der Waals surface area contributed by atoms with Gasteiger partial charge in [0.1, 0.15) is 11.9 Å². The predicted molar refractivity (Wildman–Crippen MR) is 58.2 cm³/mol. The van der Waals surface area contributed by atoms with E-state index >= 15 is 0 Å². The number of rotatable bonds is 4. The van der Waals surface area contributed by atoms with Gasteiger partial charge < -0.3 is 16.2 Å². The SMILES string of the molecule is C[C@H](Nc1ccc(C(=N)N)cc1)C(=O)O. The number of hydrogen-bond acceptors (Lipinski definition) is 3. The molecule has 1 aromatic carbocycles. The average Bonchev–Trinajstić information content (AvgIpc) is 2.18. The molecule has 5 N–H and O–H groups in total. The van der Waals surface area contributed by atoms with Gasteiger partial charge in [0.05, 0.1) is 0 Å². The molecule has 0 saturated heterocycles. The predicted octanol–water partition coefficient (Wildman–Crippen LogP) is 0.856. The van der Waals surface area contributed by atoms with Crippen LogP contribution < -0.4 is 11.1 Å². The van der Waals surface area contributed by atoms with Crippen molar-refractivity contribution in [2.75, 3.05) is 5.32 Å². The molecule has 5 nitrogen and oxygen atoms in total. The number of nitrogens with one attached hydrogen (secondary N) is 2. The lowest BCUT2D eigenvalue weighted by Crippen LogP contribution is -2.25. The highest BCUT2D eigenvalue weighted by Gasteiger charge is 2.09. The average molecular weight is 207 g/mol. The van der Waals surface area contributed by atoms with Crippen molar-refractivity contribution in [1.82, 2.24) is 0 Å². The van der Waals surface area contributed by atoms with E-state index in [1.54, 1.807) is 31.2 Å². The quantitative estimate of drug-likeness (QED) is 0.434. The molecule has 0 aliphatic heterocycles. The second-order valence-corrected chi connectivity index (χ2v) is 3.20. The summed E-state index contributed by atoms with van der Waals surface area (Å²) >= 11 is 0. The Hall–Kier alpha value is -2.04. The number of carbonyl (C=O) groups is 1. The van der Waals surface area contributed by atoms with E-state index in [0.717, 1.165) is 0 Å². The van der Waals surface area contributed by atoms with Gasteiger partial charge in [-0.2, -0.15) is 0 Å². The monoisotopic (exact) mass is 207 g/mol. The first-order chi connectivity index (χ1) is 7.00. The molecule has 0 aliphatic carbocycles. The van der Waals surface area contributed by atoms with Gasteiger partial charge in [0.25, 0.3) is 0 Å². The van der Waals surface area contributed by atoms with Crippen molar-refractivity contribution in [1.29, 1.82) is 5.41 Å². The zero-order chi connectivity index (χ0) is 11.4. The fraction of sp³-hybridized carbons (Fsp3) is 0.200. The minimum atomic E-state index is -0.911. The standard InChI is InChI=1S/C10H13N3O2/c1-6(10(14)15)13-8-4-2-7(3-5-8)9(11)12/h2-6,13H,1H3,(H3,11,12)(H,14,15)/t6-/m0/s1. The molecule has 1 rings (SSSR count). The molecule has 0 heterocycles. The van der Waals surface area contributed by atoms with Crippen molar-refractivity contribution in [3.63, 3.8) is 0 Å². The van der Waals surface area contributed by atoms with Crippen LogP contribution in [0.1, 0.15) is 12.5 Å². The third-order valence-electron chi connectivity index (χ3n) is 1.95. The highest BCUT2D eigenvalue weighted by atomic mass is 16.4. The van der Waals surface area contributed by atoms with Crippen molar-refractivity contribution >= 4 is 17.5 Å². The third kappa shape index (κ3) is 2.98. The lowest BCUT2D eigenvalue weighted by Gasteiger charge is -2.10. The van der Waals surface area contributed by atoms with E-state index in [-0.39, 0.29) is 5.84 Å². The number of nitrogens with two attached hydrogens (primary N) is 1. The van der Waals surface area contributed by atoms with Gasteiger partial charge in [-0.15, -0.1) is 0 Å². The van der Waals surface area contributed by atoms with E-state index in [0.29, 0.717) is 11.3 Å². The molecule has 0 bridgehead atoms. The van der Waals surface area contributed by atoms with Gasteiger partial charge in [-0.1, -0.05) is 0 Å².